The van der Waals surface area contributed by atoms with Gasteiger partial charge in [-0.1, -0.05) is 30.0 Å². The molecule has 0 saturated carbocycles. The van der Waals surface area contributed by atoms with Crippen molar-refractivity contribution in [1.82, 2.24) is 24.1 Å². The van der Waals surface area contributed by atoms with Gasteiger partial charge < -0.3 is 5.11 Å². The minimum Gasteiger partial charge on any atom is -0.382 e. The van der Waals surface area contributed by atoms with Gasteiger partial charge in [0.2, 0.25) is 0 Å². The van der Waals surface area contributed by atoms with Crippen molar-refractivity contribution in [2.45, 2.75) is 28.7 Å². The van der Waals surface area contributed by atoms with E-state index in [-0.39, 0.29) is 17.8 Å². The standard InChI is InChI=1S/C20H16F2N6O3S2/c1-12(32-19-25-18(26-33-19)13-3-2-4-15(7-13)28(30)31)20(29,9-27-11-23-10-24-27)16-6-5-14(21)8-17(16)22/h2-8,10-12,29H,9H2,1H3. The second kappa shape index (κ2) is 9.29. The molecular weight excluding hydrogens is 474 g/mol. The number of rotatable bonds is 8. The van der Waals surface area contributed by atoms with E-state index in [1.807, 2.05) is 0 Å². The number of aliphatic hydroxyl groups is 1. The van der Waals surface area contributed by atoms with Crippen molar-refractivity contribution < 1.29 is 18.8 Å². The van der Waals surface area contributed by atoms with Crippen LogP contribution < -0.4 is 0 Å². The first-order valence-corrected chi connectivity index (χ1v) is 11.2. The van der Waals surface area contributed by atoms with Gasteiger partial charge in [-0.15, -0.1) is 0 Å². The maximum Gasteiger partial charge on any atom is 0.270 e. The van der Waals surface area contributed by atoms with Crippen molar-refractivity contribution in [1.29, 1.82) is 0 Å². The Balaban J connectivity index is 1.63. The average molecular weight is 491 g/mol. The third kappa shape index (κ3) is 4.89. The van der Waals surface area contributed by atoms with E-state index >= 15 is 0 Å². The van der Waals surface area contributed by atoms with Crippen LogP contribution in [-0.4, -0.2) is 39.4 Å². The number of non-ortho nitro benzene ring substituents is 1. The minimum atomic E-state index is -1.80. The lowest BCUT2D eigenvalue weighted by atomic mass is 9.90. The number of nitrogens with zero attached hydrogens (tertiary/aromatic N) is 6. The van der Waals surface area contributed by atoms with Gasteiger partial charge in [0, 0.05) is 34.6 Å². The summed E-state index contributed by atoms with van der Waals surface area (Å²) in [7, 11) is 0. The first-order chi connectivity index (χ1) is 15.8. The van der Waals surface area contributed by atoms with Crippen LogP contribution in [0.2, 0.25) is 0 Å². The normalized spacial score (nSPS) is 14.1. The Morgan fingerprint density at radius 2 is 2.12 bits per heavy atom. The van der Waals surface area contributed by atoms with Crippen molar-refractivity contribution in [3.05, 3.63) is 82.4 Å². The fourth-order valence-corrected chi connectivity index (χ4v) is 5.21. The predicted molar refractivity (Wildman–Crippen MR) is 118 cm³/mol. The fourth-order valence-electron chi connectivity index (χ4n) is 3.22. The molecule has 0 aliphatic rings. The number of hydrogen-bond donors (Lipinski definition) is 1. The smallest absolute Gasteiger partial charge is 0.270 e. The van der Waals surface area contributed by atoms with E-state index in [0.717, 1.165) is 29.4 Å². The van der Waals surface area contributed by atoms with Crippen LogP contribution in [0, 0.1) is 21.7 Å². The maximum absolute atomic E-state index is 14.7. The molecule has 0 fully saturated rings. The highest BCUT2D eigenvalue weighted by Gasteiger charge is 2.40. The molecular formula is C20H16F2N6O3S2. The zero-order valence-electron chi connectivity index (χ0n) is 17.0. The van der Waals surface area contributed by atoms with Gasteiger partial charge >= 0.3 is 0 Å². The molecule has 4 aromatic rings. The first kappa shape index (κ1) is 22.9. The predicted octanol–water partition coefficient (Wildman–Crippen LogP) is 4.05. The van der Waals surface area contributed by atoms with Crippen molar-refractivity contribution in [3.8, 4) is 11.4 Å². The number of nitro groups is 1. The van der Waals surface area contributed by atoms with Crippen LogP contribution in [0.4, 0.5) is 14.5 Å². The van der Waals surface area contributed by atoms with Crippen LogP contribution in [0.3, 0.4) is 0 Å². The molecule has 2 aromatic heterocycles. The number of halogens is 2. The van der Waals surface area contributed by atoms with E-state index in [4.69, 9.17) is 0 Å². The van der Waals surface area contributed by atoms with Gasteiger partial charge in [-0.05, 0) is 24.5 Å². The molecule has 13 heteroatoms. The highest BCUT2D eigenvalue weighted by molar-refractivity contribution is 8.01. The number of benzene rings is 2. The maximum atomic E-state index is 14.7. The van der Waals surface area contributed by atoms with Crippen LogP contribution in [0.15, 0.2) is 59.5 Å². The van der Waals surface area contributed by atoms with Gasteiger partial charge in [0.05, 0.1) is 11.5 Å². The molecule has 2 aromatic carbocycles. The summed E-state index contributed by atoms with van der Waals surface area (Å²) in [5.41, 5.74) is -1.50. The SMILES string of the molecule is CC(Sc1nc(-c2cccc([N+](=O)[O-])c2)ns1)C(O)(Cn1cncn1)c1ccc(F)cc1F. The van der Waals surface area contributed by atoms with Crippen LogP contribution in [-0.2, 0) is 12.1 Å². The summed E-state index contributed by atoms with van der Waals surface area (Å²) in [6.07, 6.45) is 2.67. The molecule has 0 amide bonds. The van der Waals surface area contributed by atoms with E-state index < -0.39 is 27.4 Å². The van der Waals surface area contributed by atoms with Crippen molar-refractivity contribution in [3.63, 3.8) is 0 Å². The van der Waals surface area contributed by atoms with Gasteiger partial charge in [-0.25, -0.2) is 23.4 Å². The molecule has 2 unspecified atom stereocenters. The monoisotopic (exact) mass is 490 g/mol. The van der Waals surface area contributed by atoms with Crippen molar-refractivity contribution >= 4 is 29.0 Å². The summed E-state index contributed by atoms with van der Waals surface area (Å²) >= 11 is 2.19. The average Bonchev–Trinajstić information content (AvgIpc) is 3.46. The lowest BCUT2D eigenvalue weighted by Crippen LogP contribution is -2.41. The van der Waals surface area contributed by atoms with E-state index in [2.05, 4.69) is 19.4 Å². The number of aromatic nitrogens is 5. The number of nitro benzene ring substituents is 1. The molecule has 33 heavy (non-hydrogen) atoms. The van der Waals surface area contributed by atoms with Gasteiger partial charge in [-0.2, -0.15) is 9.47 Å². The van der Waals surface area contributed by atoms with Crippen LogP contribution >= 0.6 is 23.3 Å². The highest BCUT2D eigenvalue weighted by Crippen LogP contribution is 2.40. The zero-order valence-corrected chi connectivity index (χ0v) is 18.6. The Bertz CT molecular complexity index is 1290. The van der Waals surface area contributed by atoms with E-state index in [1.165, 1.54) is 41.6 Å². The Hall–Kier alpha value is -3.29. The molecule has 0 bridgehead atoms. The molecule has 2 heterocycles. The molecule has 9 nitrogen and oxygen atoms in total. The third-order valence-corrected chi connectivity index (χ3v) is 7.00. The summed E-state index contributed by atoms with van der Waals surface area (Å²) < 4.78 is 34.2. The summed E-state index contributed by atoms with van der Waals surface area (Å²) in [4.78, 5) is 18.8. The fraction of sp³-hybridized carbons (Fsp3) is 0.200. The Labute approximate surface area is 194 Å². The Kier molecular flexibility index (Phi) is 6.44. The van der Waals surface area contributed by atoms with Gasteiger partial charge in [0.1, 0.15) is 29.9 Å². The van der Waals surface area contributed by atoms with E-state index in [9.17, 15) is 24.0 Å². The summed E-state index contributed by atoms with van der Waals surface area (Å²) in [5.74, 6) is -1.35. The molecule has 0 radical (unpaired) electrons. The lowest BCUT2D eigenvalue weighted by molar-refractivity contribution is -0.384. The molecule has 0 saturated heterocycles. The van der Waals surface area contributed by atoms with E-state index in [0.29, 0.717) is 21.8 Å². The van der Waals surface area contributed by atoms with Gasteiger partial charge in [0.15, 0.2) is 10.2 Å². The Morgan fingerprint density at radius 1 is 1.30 bits per heavy atom. The topological polar surface area (TPSA) is 120 Å². The highest BCUT2D eigenvalue weighted by atomic mass is 32.2. The van der Waals surface area contributed by atoms with Crippen LogP contribution in [0.1, 0.15) is 12.5 Å². The second-order valence-electron chi connectivity index (χ2n) is 7.09. The number of hydrogen-bond acceptors (Lipinski definition) is 9. The molecule has 170 valence electrons. The Morgan fingerprint density at radius 3 is 2.82 bits per heavy atom. The third-order valence-electron chi connectivity index (χ3n) is 4.94. The summed E-state index contributed by atoms with van der Waals surface area (Å²) in [5, 5.41) is 25.9. The largest absolute Gasteiger partial charge is 0.382 e. The molecule has 0 aliphatic carbocycles. The van der Waals surface area contributed by atoms with Crippen LogP contribution in [0.25, 0.3) is 11.4 Å². The lowest BCUT2D eigenvalue weighted by Gasteiger charge is -2.33. The minimum absolute atomic E-state index is 0.0844. The summed E-state index contributed by atoms with van der Waals surface area (Å²) in [6, 6.07) is 8.93. The van der Waals surface area contributed by atoms with Crippen LogP contribution in [0.5, 0.6) is 0 Å². The quantitative estimate of drug-likeness (QED) is 0.223. The summed E-state index contributed by atoms with van der Waals surface area (Å²) in [6.45, 7) is 1.54. The van der Waals surface area contributed by atoms with Gasteiger partial charge in [0.25, 0.3) is 5.69 Å². The van der Waals surface area contributed by atoms with Crippen molar-refractivity contribution in [2.24, 2.45) is 0 Å². The van der Waals surface area contributed by atoms with Crippen molar-refractivity contribution in [2.75, 3.05) is 0 Å². The molecule has 0 aliphatic heterocycles. The first-order valence-electron chi connectivity index (χ1n) is 9.52. The molecule has 1 N–H and O–H groups in total. The second-order valence-corrected chi connectivity index (χ2v) is 9.43. The molecule has 4 rings (SSSR count). The number of thioether (sulfide) groups is 1. The zero-order chi connectivity index (χ0) is 23.6. The van der Waals surface area contributed by atoms with Gasteiger partial charge in [-0.3, -0.25) is 10.1 Å². The van der Waals surface area contributed by atoms with E-state index in [1.54, 1.807) is 13.0 Å². The molecule has 0 spiro atoms. The molecule has 2 atom stereocenters.